The van der Waals surface area contributed by atoms with E-state index in [4.69, 9.17) is 0 Å². The highest BCUT2D eigenvalue weighted by Gasteiger charge is 2.44. The van der Waals surface area contributed by atoms with Crippen LogP contribution in [0.2, 0.25) is 0 Å². The third-order valence-electron chi connectivity index (χ3n) is 3.89. The van der Waals surface area contributed by atoms with Gasteiger partial charge in [-0.2, -0.15) is 0 Å². The lowest BCUT2D eigenvalue weighted by atomic mass is 9.69. The zero-order valence-electron chi connectivity index (χ0n) is 10.1. The highest BCUT2D eigenvalue weighted by Crippen LogP contribution is 2.40. The van der Waals surface area contributed by atoms with Crippen molar-refractivity contribution >= 4 is 0 Å². The molecule has 3 fully saturated rings. The minimum absolute atomic E-state index is 0.256. The summed E-state index contributed by atoms with van der Waals surface area (Å²) in [5.41, 5.74) is 0.814. The van der Waals surface area contributed by atoms with Crippen molar-refractivity contribution in [3.8, 4) is 0 Å². The zero-order chi connectivity index (χ0) is 10.4. The number of nitrogens with one attached hydrogen (secondary N) is 1. The summed E-state index contributed by atoms with van der Waals surface area (Å²) in [6.07, 6.45) is 2.75. The first-order valence-corrected chi connectivity index (χ1v) is 5.89. The van der Waals surface area contributed by atoms with E-state index in [1.54, 1.807) is 0 Å². The van der Waals surface area contributed by atoms with E-state index in [0.717, 1.165) is 0 Å². The number of rotatable bonds is 1. The van der Waals surface area contributed by atoms with Crippen molar-refractivity contribution in [2.45, 2.75) is 52.1 Å². The maximum Gasteiger partial charge on any atom is 0.0254 e. The van der Waals surface area contributed by atoms with E-state index in [0.29, 0.717) is 11.5 Å². The molecule has 0 aromatic heterocycles. The molecule has 2 nitrogen and oxygen atoms in total. The smallest absolute Gasteiger partial charge is 0.0254 e. The number of fused-ring (bicyclic) bond motifs is 3. The summed E-state index contributed by atoms with van der Waals surface area (Å²) in [6.45, 7) is 13.2. The quantitative estimate of drug-likeness (QED) is 0.688. The van der Waals surface area contributed by atoms with Gasteiger partial charge in [0.1, 0.15) is 0 Å². The number of hydrogen-bond acceptors (Lipinski definition) is 2. The lowest BCUT2D eigenvalue weighted by Gasteiger charge is -2.54. The maximum atomic E-state index is 3.79. The zero-order valence-corrected chi connectivity index (χ0v) is 10.1. The van der Waals surface area contributed by atoms with Gasteiger partial charge in [0.15, 0.2) is 0 Å². The normalized spacial score (nSPS) is 42.9. The Hall–Kier alpha value is -0.0800. The largest absolute Gasteiger partial charge is 0.307 e. The van der Waals surface area contributed by atoms with Crippen LogP contribution < -0.4 is 5.32 Å². The van der Waals surface area contributed by atoms with Crippen LogP contribution in [0.5, 0.6) is 0 Å². The molecule has 3 aliphatic rings. The number of piperidine rings is 3. The van der Waals surface area contributed by atoms with Gasteiger partial charge in [0, 0.05) is 18.1 Å². The summed E-state index contributed by atoms with van der Waals surface area (Å²) in [7, 11) is 0. The fraction of sp³-hybridized carbons (Fsp3) is 1.00. The molecule has 0 unspecified atom stereocenters. The van der Waals surface area contributed by atoms with Crippen LogP contribution in [-0.4, -0.2) is 36.1 Å². The summed E-state index contributed by atoms with van der Waals surface area (Å²) in [4.78, 5) is 2.61. The first-order chi connectivity index (χ1) is 6.39. The maximum absolute atomic E-state index is 3.79. The van der Waals surface area contributed by atoms with Gasteiger partial charge in [-0.1, -0.05) is 6.92 Å². The van der Waals surface area contributed by atoms with Crippen LogP contribution in [-0.2, 0) is 0 Å². The van der Waals surface area contributed by atoms with Crippen LogP contribution >= 0.6 is 0 Å². The molecule has 2 bridgehead atoms. The molecular formula is C12H24N2. The third kappa shape index (κ3) is 1.96. The van der Waals surface area contributed by atoms with Crippen LogP contribution in [0.1, 0.15) is 40.5 Å². The van der Waals surface area contributed by atoms with Crippen LogP contribution in [0.4, 0.5) is 0 Å². The molecule has 1 atom stereocenters. The average molecular weight is 196 g/mol. The first kappa shape index (κ1) is 10.4. The molecule has 0 aromatic carbocycles. The minimum Gasteiger partial charge on any atom is -0.307 e. The highest BCUT2D eigenvalue weighted by molar-refractivity contribution is 5.01. The van der Waals surface area contributed by atoms with E-state index >= 15 is 0 Å². The number of hydrogen-bond donors (Lipinski definition) is 1. The molecule has 0 aromatic rings. The Morgan fingerprint density at radius 1 is 1.21 bits per heavy atom. The first-order valence-electron chi connectivity index (χ1n) is 5.89. The second-order valence-corrected chi connectivity index (χ2v) is 6.40. The Morgan fingerprint density at radius 2 is 1.79 bits per heavy atom. The molecule has 3 rings (SSSR count). The van der Waals surface area contributed by atoms with Crippen molar-refractivity contribution < 1.29 is 0 Å². The Bertz CT molecular complexity index is 209. The van der Waals surface area contributed by atoms with Gasteiger partial charge in [-0.3, -0.25) is 0 Å². The average Bonchev–Trinajstić information content (AvgIpc) is 2.04. The van der Waals surface area contributed by atoms with Crippen molar-refractivity contribution in [2.24, 2.45) is 5.41 Å². The molecule has 0 radical (unpaired) electrons. The molecule has 1 N–H and O–H groups in total. The molecule has 3 saturated heterocycles. The van der Waals surface area contributed by atoms with Crippen LogP contribution in [0.15, 0.2) is 0 Å². The molecular weight excluding hydrogens is 172 g/mol. The van der Waals surface area contributed by atoms with Crippen LogP contribution in [0, 0.1) is 5.41 Å². The second-order valence-electron chi connectivity index (χ2n) is 6.40. The topological polar surface area (TPSA) is 15.3 Å². The van der Waals surface area contributed by atoms with Crippen molar-refractivity contribution in [3.05, 3.63) is 0 Å². The van der Waals surface area contributed by atoms with E-state index in [-0.39, 0.29) is 5.54 Å². The SMILES string of the molecule is CC(C)(C)N[C@H]1CN2CCC1(C)CC2. The predicted molar refractivity (Wildman–Crippen MR) is 60.5 cm³/mol. The predicted octanol–water partition coefficient (Wildman–Crippen LogP) is 1.86. The van der Waals surface area contributed by atoms with E-state index in [9.17, 15) is 0 Å². The Kier molecular flexibility index (Phi) is 2.39. The monoisotopic (exact) mass is 196 g/mol. The van der Waals surface area contributed by atoms with Gasteiger partial charge >= 0.3 is 0 Å². The van der Waals surface area contributed by atoms with Crippen LogP contribution in [0.3, 0.4) is 0 Å². The summed E-state index contributed by atoms with van der Waals surface area (Å²) in [5, 5.41) is 3.79. The van der Waals surface area contributed by atoms with Crippen molar-refractivity contribution in [1.82, 2.24) is 10.2 Å². The molecule has 3 aliphatic heterocycles. The summed E-state index contributed by atoms with van der Waals surface area (Å²) >= 11 is 0. The summed E-state index contributed by atoms with van der Waals surface area (Å²) in [6, 6.07) is 0.699. The van der Waals surface area contributed by atoms with Gasteiger partial charge in [0.25, 0.3) is 0 Å². The lowest BCUT2D eigenvalue weighted by molar-refractivity contribution is -0.00659. The van der Waals surface area contributed by atoms with Crippen LogP contribution in [0.25, 0.3) is 0 Å². The van der Waals surface area contributed by atoms with E-state index in [1.165, 1.54) is 32.5 Å². The standard InChI is InChI=1S/C12H24N2/c1-11(2,3)13-10-9-14-7-5-12(10,4)6-8-14/h10,13H,5-9H2,1-4H3/t10-/m0/s1. The fourth-order valence-electron chi connectivity index (χ4n) is 2.82. The molecule has 0 aliphatic carbocycles. The van der Waals surface area contributed by atoms with Gasteiger partial charge in [-0.05, 0) is 52.1 Å². The minimum atomic E-state index is 0.256. The Labute approximate surface area is 88.1 Å². The molecule has 0 saturated carbocycles. The van der Waals surface area contributed by atoms with Gasteiger partial charge < -0.3 is 10.2 Å². The fourth-order valence-corrected chi connectivity index (χ4v) is 2.82. The van der Waals surface area contributed by atoms with Gasteiger partial charge in [0.05, 0.1) is 0 Å². The molecule has 3 heterocycles. The molecule has 82 valence electrons. The molecule has 0 amide bonds. The third-order valence-corrected chi connectivity index (χ3v) is 3.89. The Morgan fingerprint density at radius 3 is 2.21 bits per heavy atom. The lowest BCUT2D eigenvalue weighted by Crippen LogP contribution is -2.64. The molecule has 2 heteroatoms. The van der Waals surface area contributed by atoms with Gasteiger partial charge in [0.2, 0.25) is 0 Å². The number of nitrogens with zero attached hydrogens (tertiary/aromatic N) is 1. The van der Waals surface area contributed by atoms with E-state index in [1.807, 2.05) is 0 Å². The summed E-state index contributed by atoms with van der Waals surface area (Å²) < 4.78 is 0. The van der Waals surface area contributed by atoms with Crippen molar-refractivity contribution in [3.63, 3.8) is 0 Å². The second kappa shape index (κ2) is 3.21. The Balaban J connectivity index is 2.05. The highest BCUT2D eigenvalue weighted by atomic mass is 15.2. The van der Waals surface area contributed by atoms with Gasteiger partial charge in [-0.15, -0.1) is 0 Å². The van der Waals surface area contributed by atoms with Gasteiger partial charge in [-0.25, -0.2) is 0 Å². The van der Waals surface area contributed by atoms with Crippen molar-refractivity contribution in [2.75, 3.05) is 19.6 Å². The molecule has 0 spiro atoms. The molecule has 14 heavy (non-hydrogen) atoms. The summed E-state index contributed by atoms with van der Waals surface area (Å²) in [5.74, 6) is 0. The van der Waals surface area contributed by atoms with Crippen molar-refractivity contribution in [1.29, 1.82) is 0 Å². The van der Waals surface area contributed by atoms with E-state index in [2.05, 4.69) is 37.9 Å². The van der Waals surface area contributed by atoms with E-state index < -0.39 is 0 Å².